The van der Waals surface area contributed by atoms with Crippen molar-refractivity contribution in [1.29, 1.82) is 0 Å². The van der Waals surface area contributed by atoms with Crippen molar-refractivity contribution >= 4 is 0 Å². The second kappa shape index (κ2) is 4.43. The number of piperazine rings is 1. The fraction of sp³-hybridized carbons (Fsp3) is 1.00. The van der Waals surface area contributed by atoms with E-state index in [-0.39, 0.29) is 0 Å². The van der Waals surface area contributed by atoms with Crippen molar-refractivity contribution in [2.45, 2.75) is 52.7 Å². The van der Waals surface area contributed by atoms with Crippen molar-refractivity contribution in [3.8, 4) is 0 Å². The van der Waals surface area contributed by atoms with Crippen molar-refractivity contribution in [1.82, 2.24) is 10.2 Å². The molecule has 0 aromatic heterocycles. The summed E-state index contributed by atoms with van der Waals surface area (Å²) in [5.74, 6) is 0.762. The summed E-state index contributed by atoms with van der Waals surface area (Å²) in [6.07, 6.45) is 0. The Morgan fingerprint density at radius 2 is 1.54 bits per heavy atom. The summed E-state index contributed by atoms with van der Waals surface area (Å²) < 4.78 is 0. The van der Waals surface area contributed by atoms with Gasteiger partial charge in [0, 0.05) is 31.2 Å². The molecule has 1 aliphatic rings. The van der Waals surface area contributed by atoms with E-state index in [1.807, 2.05) is 0 Å². The third kappa shape index (κ3) is 2.96. The maximum Gasteiger partial charge on any atom is 0.0169 e. The zero-order valence-electron chi connectivity index (χ0n) is 9.67. The molecule has 0 aromatic carbocycles. The predicted octanol–water partition coefficient (Wildman–Crippen LogP) is 1.71. The van der Waals surface area contributed by atoms with E-state index < -0.39 is 0 Å². The molecule has 0 radical (unpaired) electrons. The molecule has 0 amide bonds. The van der Waals surface area contributed by atoms with Crippen molar-refractivity contribution < 1.29 is 0 Å². The van der Waals surface area contributed by atoms with E-state index in [1.165, 1.54) is 13.1 Å². The van der Waals surface area contributed by atoms with Crippen LogP contribution in [-0.2, 0) is 0 Å². The molecule has 1 unspecified atom stereocenters. The van der Waals surface area contributed by atoms with E-state index in [0.717, 1.165) is 5.92 Å². The van der Waals surface area contributed by atoms with Gasteiger partial charge in [0.2, 0.25) is 0 Å². The van der Waals surface area contributed by atoms with Crippen LogP contribution in [-0.4, -0.2) is 36.1 Å². The first-order chi connectivity index (χ1) is 6.00. The lowest BCUT2D eigenvalue weighted by molar-refractivity contribution is 0.106. The molecule has 0 aromatic rings. The molecule has 1 saturated heterocycles. The molecule has 0 aliphatic carbocycles. The Labute approximate surface area is 82.7 Å². The van der Waals surface area contributed by atoms with Crippen LogP contribution in [0.15, 0.2) is 0 Å². The van der Waals surface area contributed by atoms with Crippen molar-refractivity contribution in [3.63, 3.8) is 0 Å². The molecule has 2 heteroatoms. The number of rotatable bonds is 2. The molecular weight excluding hydrogens is 160 g/mol. The SMILES string of the molecule is CC(C)C(C)N1C[C@@H](C)N[C@@H](C)C1. The molecule has 1 aliphatic heterocycles. The van der Waals surface area contributed by atoms with Gasteiger partial charge in [0.15, 0.2) is 0 Å². The highest BCUT2D eigenvalue weighted by atomic mass is 15.2. The number of hydrogen-bond donors (Lipinski definition) is 1. The van der Waals surface area contributed by atoms with Crippen LogP contribution < -0.4 is 5.32 Å². The predicted molar refractivity (Wildman–Crippen MR) is 57.9 cm³/mol. The van der Waals surface area contributed by atoms with Gasteiger partial charge in [0.25, 0.3) is 0 Å². The Balaban J connectivity index is 2.49. The highest BCUT2D eigenvalue weighted by molar-refractivity contribution is 4.84. The Morgan fingerprint density at radius 1 is 1.08 bits per heavy atom. The lowest BCUT2D eigenvalue weighted by atomic mass is 10.0. The molecule has 3 atom stereocenters. The van der Waals surface area contributed by atoms with Gasteiger partial charge in [-0.25, -0.2) is 0 Å². The molecule has 0 spiro atoms. The third-order valence-electron chi connectivity index (χ3n) is 3.13. The van der Waals surface area contributed by atoms with Crippen LogP contribution in [0.2, 0.25) is 0 Å². The van der Waals surface area contributed by atoms with Gasteiger partial charge in [0.05, 0.1) is 0 Å². The van der Waals surface area contributed by atoms with E-state index in [2.05, 4.69) is 44.8 Å². The maximum absolute atomic E-state index is 3.56. The summed E-state index contributed by atoms with van der Waals surface area (Å²) in [5.41, 5.74) is 0. The van der Waals surface area contributed by atoms with Gasteiger partial charge in [0.1, 0.15) is 0 Å². The average Bonchev–Trinajstić information content (AvgIpc) is 2.01. The zero-order chi connectivity index (χ0) is 10.0. The topological polar surface area (TPSA) is 15.3 Å². The van der Waals surface area contributed by atoms with Gasteiger partial charge in [-0.2, -0.15) is 0 Å². The van der Waals surface area contributed by atoms with E-state index >= 15 is 0 Å². The van der Waals surface area contributed by atoms with E-state index in [9.17, 15) is 0 Å². The molecule has 1 heterocycles. The molecule has 1 N–H and O–H groups in total. The smallest absolute Gasteiger partial charge is 0.0169 e. The lowest BCUT2D eigenvalue weighted by Crippen LogP contribution is -2.57. The van der Waals surface area contributed by atoms with Gasteiger partial charge in [-0.05, 0) is 26.7 Å². The van der Waals surface area contributed by atoms with E-state index in [1.54, 1.807) is 0 Å². The lowest BCUT2D eigenvalue weighted by Gasteiger charge is -2.41. The quantitative estimate of drug-likeness (QED) is 0.703. The Hall–Kier alpha value is -0.0800. The van der Waals surface area contributed by atoms with E-state index in [4.69, 9.17) is 0 Å². The van der Waals surface area contributed by atoms with Crippen LogP contribution in [0.5, 0.6) is 0 Å². The Bertz CT molecular complexity index is 146. The first-order valence-corrected chi connectivity index (χ1v) is 5.50. The summed E-state index contributed by atoms with van der Waals surface area (Å²) >= 11 is 0. The van der Waals surface area contributed by atoms with Crippen LogP contribution in [0.4, 0.5) is 0 Å². The minimum Gasteiger partial charge on any atom is -0.309 e. The minimum atomic E-state index is 0.643. The standard InChI is InChI=1S/C11H24N2/c1-8(2)11(5)13-6-9(3)12-10(4)7-13/h8-12H,6-7H2,1-5H3/t9-,10+,11?. The van der Waals surface area contributed by atoms with Crippen molar-refractivity contribution in [3.05, 3.63) is 0 Å². The minimum absolute atomic E-state index is 0.643. The average molecular weight is 184 g/mol. The second-order valence-corrected chi connectivity index (χ2v) is 4.91. The van der Waals surface area contributed by atoms with Gasteiger partial charge in [-0.1, -0.05) is 13.8 Å². The molecule has 1 rings (SSSR count). The fourth-order valence-electron chi connectivity index (χ4n) is 2.12. The van der Waals surface area contributed by atoms with Crippen LogP contribution in [0.25, 0.3) is 0 Å². The van der Waals surface area contributed by atoms with Gasteiger partial charge < -0.3 is 5.32 Å². The molecule has 0 bridgehead atoms. The number of nitrogens with zero attached hydrogens (tertiary/aromatic N) is 1. The molecule has 2 nitrogen and oxygen atoms in total. The first-order valence-electron chi connectivity index (χ1n) is 5.50. The fourth-order valence-corrected chi connectivity index (χ4v) is 2.12. The maximum atomic E-state index is 3.56. The highest BCUT2D eigenvalue weighted by Crippen LogP contribution is 2.14. The van der Waals surface area contributed by atoms with Gasteiger partial charge in [-0.15, -0.1) is 0 Å². The Kier molecular flexibility index (Phi) is 3.74. The largest absolute Gasteiger partial charge is 0.309 e. The van der Waals surface area contributed by atoms with Crippen molar-refractivity contribution in [2.24, 2.45) is 5.92 Å². The van der Waals surface area contributed by atoms with Gasteiger partial charge >= 0.3 is 0 Å². The molecule has 13 heavy (non-hydrogen) atoms. The molecule has 0 saturated carbocycles. The number of hydrogen-bond acceptors (Lipinski definition) is 2. The summed E-state index contributed by atoms with van der Waals surface area (Å²) in [4.78, 5) is 2.61. The van der Waals surface area contributed by atoms with Crippen LogP contribution in [0.1, 0.15) is 34.6 Å². The van der Waals surface area contributed by atoms with Gasteiger partial charge in [-0.3, -0.25) is 4.90 Å². The summed E-state index contributed by atoms with van der Waals surface area (Å²) in [6.45, 7) is 13.9. The third-order valence-corrected chi connectivity index (χ3v) is 3.13. The van der Waals surface area contributed by atoms with E-state index in [0.29, 0.717) is 18.1 Å². The first kappa shape index (κ1) is 11.0. The molecule has 78 valence electrons. The summed E-state index contributed by atoms with van der Waals surface area (Å²) in [7, 11) is 0. The highest BCUT2D eigenvalue weighted by Gasteiger charge is 2.25. The second-order valence-electron chi connectivity index (χ2n) is 4.91. The van der Waals surface area contributed by atoms with Crippen LogP contribution in [0.3, 0.4) is 0 Å². The summed E-state index contributed by atoms with van der Waals surface area (Å²) in [6, 6.07) is 2.00. The van der Waals surface area contributed by atoms with Crippen LogP contribution in [0, 0.1) is 5.92 Å². The molecule has 1 fully saturated rings. The molecular formula is C11H24N2. The zero-order valence-corrected chi connectivity index (χ0v) is 9.67. The number of nitrogens with one attached hydrogen (secondary N) is 1. The normalized spacial score (nSPS) is 33.7. The monoisotopic (exact) mass is 184 g/mol. The Morgan fingerprint density at radius 3 is 1.92 bits per heavy atom. The van der Waals surface area contributed by atoms with Crippen molar-refractivity contribution in [2.75, 3.05) is 13.1 Å². The van der Waals surface area contributed by atoms with Crippen LogP contribution >= 0.6 is 0 Å². The summed E-state index contributed by atoms with van der Waals surface area (Å²) in [5, 5.41) is 3.56.